The second-order valence-corrected chi connectivity index (χ2v) is 6.31. The highest BCUT2D eigenvalue weighted by Gasteiger charge is 2.24. The van der Waals surface area contributed by atoms with Crippen LogP contribution < -0.4 is 10.6 Å². The highest BCUT2D eigenvalue weighted by molar-refractivity contribution is 6.05. The quantitative estimate of drug-likeness (QED) is 0.730. The second kappa shape index (κ2) is 7.33. The summed E-state index contributed by atoms with van der Waals surface area (Å²) in [6.07, 6.45) is 8.39. The zero-order chi connectivity index (χ0) is 18.6. The highest BCUT2D eigenvalue weighted by atomic mass is 16.2. The number of carbonyl (C=O) groups excluding carboxylic acids is 2. The lowest BCUT2D eigenvalue weighted by Gasteiger charge is -2.08. The predicted molar refractivity (Wildman–Crippen MR) is 100 cm³/mol. The van der Waals surface area contributed by atoms with Crippen molar-refractivity contribution in [2.24, 2.45) is 0 Å². The minimum Gasteiger partial charge on any atom is -0.348 e. The number of nitrogens with one attached hydrogen (secondary N) is 2. The first kappa shape index (κ1) is 16.8. The first-order valence-corrected chi connectivity index (χ1v) is 8.64. The van der Waals surface area contributed by atoms with Crippen LogP contribution in [0.1, 0.15) is 33.7 Å². The Bertz CT molecular complexity index is 986. The summed E-state index contributed by atoms with van der Waals surface area (Å²) in [5, 5.41) is 5.66. The molecule has 7 nitrogen and oxygen atoms in total. The number of anilines is 1. The van der Waals surface area contributed by atoms with Gasteiger partial charge in [-0.05, 0) is 43.2 Å². The summed E-state index contributed by atoms with van der Waals surface area (Å²) in [5.74, 6) is -0.594. The van der Waals surface area contributed by atoms with Crippen molar-refractivity contribution in [3.05, 3.63) is 72.4 Å². The van der Waals surface area contributed by atoms with E-state index >= 15 is 0 Å². The van der Waals surface area contributed by atoms with E-state index in [9.17, 15) is 9.59 Å². The molecule has 1 aliphatic carbocycles. The second-order valence-electron chi connectivity index (χ2n) is 6.31. The molecule has 1 fully saturated rings. The van der Waals surface area contributed by atoms with Crippen molar-refractivity contribution in [2.75, 3.05) is 5.32 Å². The van der Waals surface area contributed by atoms with Gasteiger partial charge in [0.05, 0.1) is 17.6 Å². The lowest BCUT2D eigenvalue weighted by Crippen LogP contribution is -2.26. The van der Waals surface area contributed by atoms with E-state index < -0.39 is 0 Å². The molecule has 0 spiro atoms. The number of amides is 2. The molecular weight excluding hydrogens is 342 g/mol. The largest absolute Gasteiger partial charge is 0.348 e. The molecule has 0 bridgehead atoms. The third-order valence-electron chi connectivity index (χ3n) is 4.12. The van der Waals surface area contributed by atoms with Crippen LogP contribution in [0.5, 0.6) is 0 Å². The van der Waals surface area contributed by atoms with Crippen LogP contribution in [0.4, 0.5) is 5.69 Å². The number of hydrogen-bond acceptors (Lipinski definition) is 5. The molecule has 0 saturated heterocycles. The summed E-state index contributed by atoms with van der Waals surface area (Å²) in [6, 6.07) is 10.7. The summed E-state index contributed by atoms with van der Waals surface area (Å²) in [7, 11) is 0. The summed E-state index contributed by atoms with van der Waals surface area (Å²) >= 11 is 0. The lowest BCUT2D eigenvalue weighted by atomic mass is 10.1. The lowest BCUT2D eigenvalue weighted by molar-refractivity contribution is 0.0946. The maximum atomic E-state index is 12.6. The number of nitrogens with zero attached hydrogens (tertiary/aromatic N) is 3. The maximum Gasteiger partial charge on any atom is 0.270 e. The molecule has 0 aliphatic heterocycles. The van der Waals surface area contributed by atoms with Crippen molar-refractivity contribution in [2.45, 2.75) is 18.9 Å². The molecule has 0 aromatic carbocycles. The molecule has 1 saturated carbocycles. The summed E-state index contributed by atoms with van der Waals surface area (Å²) in [6.45, 7) is 0. The first-order valence-electron chi connectivity index (χ1n) is 8.64. The van der Waals surface area contributed by atoms with Crippen molar-refractivity contribution in [3.63, 3.8) is 0 Å². The molecule has 0 atom stereocenters. The minimum atomic E-state index is -0.335. The van der Waals surface area contributed by atoms with Gasteiger partial charge in [-0.1, -0.05) is 6.07 Å². The van der Waals surface area contributed by atoms with Gasteiger partial charge in [0.15, 0.2) is 0 Å². The Hall–Kier alpha value is -3.61. The molecule has 4 rings (SSSR count). The van der Waals surface area contributed by atoms with Crippen LogP contribution in [0, 0.1) is 0 Å². The van der Waals surface area contributed by atoms with Crippen molar-refractivity contribution in [1.82, 2.24) is 20.3 Å². The standard InChI is InChI=1S/C20H17N5O2/c26-19(13-6-8-23-18(10-13)20(27)24-15-4-5-15)25-16-9-14(11-21-12-16)17-3-1-2-7-22-17/h1-3,6-12,15H,4-5H2,(H,24,27)(H,25,26). The Labute approximate surface area is 155 Å². The number of hydrogen-bond donors (Lipinski definition) is 2. The molecule has 3 aromatic rings. The number of aromatic nitrogens is 3. The Morgan fingerprint density at radius 2 is 1.85 bits per heavy atom. The molecule has 7 heteroatoms. The fourth-order valence-electron chi connectivity index (χ4n) is 2.57. The van der Waals surface area contributed by atoms with Crippen molar-refractivity contribution in [3.8, 4) is 11.3 Å². The van der Waals surface area contributed by atoms with E-state index in [2.05, 4.69) is 25.6 Å². The van der Waals surface area contributed by atoms with Crippen molar-refractivity contribution in [1.29, 1.82) is 0 Å². The smallest absolute Gasteiger partial charge is 0.270 e. The van der Waals surface area contributed by atoms with Gasteiger partial charge in [0.1, 0.15) is 5.69 Å². The van der Waals surface area contributed by atoms with E-state index in [0.29, 0.717) is 11.3 Å². The summed E-state index contributed by atoms with van der Waals surface area (Å²) < 4.78 is 0. The zero-order valence-corrected chi connectivity index (χ0v) is 14.4. The Kier molecular flexibility index (Phi) is 4.57. The Morgan fingerprint density at radius 1 is 0.963 bits per heavy atom. The fraction of sp³-hybridized carbons (Fsp3) is 0.150. The molecule has 2 N–H and O–H groups in total. The molecule has 134 valence electrons. The summed E-state index contributed by atoms with van der Waals surface area (Å²) in [4.78, 5) is 37.2. The molecule has 0 radical (unpaired) electrons. The van der Waals surface area contributed by atoms with E-state index in [-0.39, 0.29) is 23.6 Å². The molecule has 3 heterocycles. The average molecular weight is 359 g/mol. The van der Waals surface area contributed by atoms with Crippen LogP contribution in [0.3, 0.4) is 0 Å². The molecule has 1 aliphatic rings. The van der Waals surface area contributed by atoms with Crippen LogP contribution >= 0.6 is 0 Å². The van der Waals surface area contributed by atoms with Gasteiger partial charge in [-0.3, -0.25) is 24.5 Å². The fourth-order valence-corrected chi connectivity index (χ4v) is 2.57. The van der Waals surface area contributed by atoms with Crippen LogP contribution in [0.25, 0.3) is 11.3 Å². The van der Waals surface area contributed by atoms with Crippen molar-refractivity contribution < 1.29 is 9.59 Å². The van der Waals surface area contributed by atoms with Gasteiger partial charge in [0, 0.05) is 35.8 Å². The van der Waals surface area contributed by atoms with E-state index in [1.54, 1.807) is 30.7 Å². The SMILES string of the molecule is O=C(Nc1cncc(-c2ccccn2)c1)c1ccnc(C(=O)NC2CC2)c1. The van der Waals surface area contributed by atoms with Gasteiger partial charge >= 0.3 is 0 Å². The molecule has 3 aromatic heterocycles. The zero-order valence-electron chi connectivity index (χ0n) is 14.4. The maximum absolute atomic E-state index is 12.6. The third-order valence-corrected chi connectivity index (χ3v) is 4.12. The normalized spacial score (nSPS) is 13.0. The molecular formula is C20H17N5O2. The molecule has 2 amide bonds. The van der Waals surface area contributed by atoms with E-state index in [0.717, 1.165) is 24.1 Å². The number of carbonyl (C=O) groups is 2. The molecule has 0 unspecified atom stereocenters. The van der Waals surface area contributed by atoms with Gasteiger partial charge in [0.25, 0.3) is 11.8 Å². The number of rotatable bonds is 5. The average Bonchev–Trinajstić information content (AvgIpc) is 3.53. The predicted octanol–water partition coefficient (Wildman–Crippen LogP) is 2.68. The van der Waals surface area contributed by atoms with Gasteiger partial charge in [-0.25, -0.2) is 0 Å². The van der Waals surface area contributed by atoms with Gasteiger partial charge in [-0.15, -0.1) is 0 Å². The van der Waals surface area contributed by atoms with Crippen LogP contribution in [0.15, 0.2) is 61.2 Å². The minimum absolute atomic E-state index is 0.231. The van der Waals surface area contributed by atoms with Crippen LogP contribution in [-0.4, -0.2) is 32.8 Å². The summed E-state index contributed by atoms with van der Waals surface area (Å²) in [5.41, 5.74) is 2.70. The van der Waals surface area contributed by atoms with Crippen molar-refractivity contribution >= 4 is 17.5 Å². The monoisotopic (exact) mass is 359 g/mol. The molecule has 27 heavy (non-hydrogen) atoms. The van der Waals surface area contributed by atoms with E-state index in [4.69, 9.17) is 0 Å². The topological polar surface area (TPSA) is 96.9 Å². The Morgan fingerprint density at radius 3 is 2.63 bits per heavy atom. The first-order chi connectivity index (χ1) is 13.2. The van der Waals surface area contributed by atoms with Gasteiger partial charge in [0.2, 0.25) is 0 Å². The number of pyridine rings is 3. The third kappa shape index (κ3) is 4.14. The van der Waals surface area contributed by atoms with E-state index in [1.807, 2.05) is 18.2 Å². The van der Waals surface area contributed by atoms with Gasteiger partial charge in [-0.2, -0.15) is 0 Å². The Balaban J connectivity index is 1.50. The van der Waals surface area contributed by atoms with Crippen LogP contribution in [-0.2, 0) is 0 Å². The van der Waals surface area contributed by atoms with Crippen LogP contribution in [0.2, 0.25) is 0 Å². The highest BCUT2D eigenvalue weighted by Crippen LogP contribution is 2.20. The van der Waals surface area contributed by atoms with Gasteiger partial charge < -0.3 is 10.6 Å². The van der Waals surface area contributed by atoms with E-state index in [1.165, 1.54) is 12.3 Å².